The van der Waals surface area contributed by atoms with E-state index < -0.39 is 5.97 Å². The van der Waals surface area contributed by atoms with E-state index in [0.717, 1.165) is 62.2 Å². The summed E-state index contributed by atoms with van der Waals surface area (Å²) in [6, 6.07) is 7.97. The summed E-state index contributed by atoms with van der Waals surface area (Å²) in [5, 5.41) is 14.1. The second-order valence-corrected chi connectivity index (χ2v) is 7.73. The summed E-state index contributed by atoms with van der Waals surface area (Å²) < 4.78 is 5.48. The van der Waals surface area contributed by atoms with Crippen LogP contribution in [0, 0.1) is 12.8 Å². The number of anilines is 1. The minimum Gasteiger partial charge on any atom is -0.478 e. The largest absolute Gasteiger partial charge is 0.478 e. The molecule has 2 fully saturated rings. The van der Waals surface area contributed by atoms with Crippen molar-refractivity contribution in [2.75, 3.05) is 38.2 Å². The van der Waals surface area contributed by atoms with Gasteiger partial charge in [-0.1, -0.05) is 18.2 Å². The number of carboxylic acids is 1. The molecular formula is C21H27N3O3. The highest BCUT2D eigenvalue weighted by Gasteiger charge is 2.26. The number of benzene rings is 1. The average Bonchev–Trinajstić information content (AvgIpc) is 3.16. The summed E-state index contributed by atoms with van der Waals surface area (Å²) in [6.45, 7) is 6.83. The molecule has 27 heavy (non-hydrogen) atoms. The smallest absolute Gasteiger partial charge is 0.339 e. The van der Waals surface area contributed by atoms with Gasteiger partial charge in [0.1, 0.15) is 11.4 Å². The van der Waals surface area contributed by atoms with Gasteiger partial charge in [-0.25, -0.2) is 9.78 Å². The third kappa shape index (κ3) is 3.92. The first kappa shape index (κ1) is 18.2. The summed E-state index contributed by atoms with van der Waals surface area (Å²) in [7, 11) is 0. The van der Waals surface area contributed by atoms with Gasteiger partial charge >= 0.3 is 5.97 Å². The zero-order chi connectivity index (χ0) is 18.8. The van der Waals surface area contributed by atoms with Crippen molar-refractivity contribution >= 4 is 22.7 Å². The SMILES string of the molecule is Cc1c(C(=O)O)c(NC2CCN(CC3CCOC3)CC2)nc2ccccc12. The van der Waals surface area contributed by atoms with Crippen LogP contribution in [0.2, 0.25) is 0 Å². The van der Waals surface area contributed by atoms with Gasteiger partial charge in [-0.05, 0) is 43.7 Å². The van der Waals surface area contributed by atoms with Crippen LogP contribution in [0.25, 0.3) is 10.9 Å². The van der Waals surface area contributed by atoms with E-state index in [0.29, 0.717) is 17.3 Å². The molecular weight excluding hydrogens is 342 g/mol. The number of para-hydroxylation sites is 1. The van der Waals surface area contributed by atoms with Gasteiger partial charge in [-0.15, -0.1) is 0 Å². The molecule has 2 saturated heterocycles. The van der Waals surface area contributed by atoms with E-state index in [2.05, 4.69) is 15.2 Å². The summed E-state index contributed by atoms with van der Waals surface area (Å²) >= 11 is 0. The van der Waals surface area contributed by atoms with Gasteiger partial charge in [0.25, 0.3) is 0 Å². The Kier molecular flexibility index (Phi) is 5.27. The molecule has 0 amide bonds. The Morgan fingerprint density at radius 3 is 2.78 bits per heavy atom. The van der Waals surface area contributed by atoms with Gasteiger partial charge in [-0.2, -0.15) is 0 Å². The molecule has 2 N–H and O–H groups in total. The number of hydrogen-bond donors (Lipinski definition) is 2. The Morgan fingerprint density at radius 2 is 2.07 bits per heavy atom. The molecule has 0 spiro atoms. The second-order valence-electron chi connectivity index (χ2n) is 7.73. The van der Waals surface area contributed by atoms with Crippen molar-refractivity contribution in [3.05, 3.63) is 35.4 Å². The van der Waals surface area contributed by atoms with Crippen LogP contribution in [-0.4, -0.2) is 59.8 Å². The van der Waals surface area contributed by atoms with Crippen molar-refractivity contribution in [2.24, 2.45) is 5.92 Å². The molecule has 0 radical (unpaired) electrons. The molecule has 144 valence electrons. The fourth-order valence-corrected chi connectivity index (χ4v) is 4.29. The number of nitrogens with zero attached hydrogens (tertiary/aromatic N) is 2. The van der Waals surface area contributed by atoms with Crippen molar-refractivity contribution < 1.29 is 14.6 Å². The van der Waals surface area contributed by atoms with E-state index in [1.807, 2.05) is 31.2 Å². The van der Waals surface area contributed by atoms with Gasteiger partial charge in [0.2, 0.25) is 0 Å². The predicted molar refractivity (Wildman–Crippen MR) is 105 cm³/mol. The van der Waals surface area contributed by atoms with E-state index in [-0.39, 0.29) is 6.04 Å². The van der Waals surface area contributed by atoms with Crippen LogP contribution < -0.4 is 5.32 Å². The third-order valence-electron chi connectivity index (χ3n) is 5.83. The van der Waals surface area contributed by atoms with Gasteiger partial charge in [0, 0.05) is 37.7 Å². The van der Waals surface area contributed by atoms with Crippen molar-refractivity contribution in [3.8, 4) is 0 Å². The lowest BCUT2D eigenvalue weighted by Crippen LogP contribution is -2.41. The fourth-order valence-electron chi connectivity index (χ4n) is 4.29. The molecule has 1 aromatic carbocycles. The number of carbonyl (C=O) groups is 1. The van der Waals surface area contributed by atoms with Crippen molar-refractivity contribution in [1.82, 2.24) is 9.88 Å². The topological polar surface area (TPSA) is 74.7 Å². The number of fused-ring (bicyclic) bond motifs is 1. The lowest BCUT2D eigenvalue weighted by Gasteiger charge is -2.34. The molecule has 1 aromatic heterocycles. The van der Waals surface area contributed by atoms with E-state index in [9.17, 15) is 9.90 Å². The first-order valence-electron chi connectivity index (χ1n) is 9.81. The average molecular weight is 369 g/mol. The number of pyridine rings is 1. The second kappa shape index (κ2) is 7.82. The highest BCUT2D eigenvalue weighted by Crippen LogP contribution is 2.28. The number of rotatable bonds is 5. The highest BCUT2D eigenvalue weighted by atomic mass is 16.5. The van der Waals surface area contributed by atoms with Crippen molar-refractivity contribution in [2.45, 2.75) is 32.2 Å². The maximum atomic E-state index is 11.9. The molecule has 2 aliphatic rings. The lowest BCUT2D eigenvalue weighted by molar-refractivity contribution is 0.0697. The number of hydrogen-bond acceptors (Lipinski definition) is 5. The molecule has 6 nitrogen and oxygen atoms in total. The fraction of sp³-hybridized carbons (Fsp3) is 0.524. The molecule has 1 atom stereocenters. The summed E-state index contributed by atoms with van der Waals surface area (Å²) in [4.78, 5) is 19.0. The summed E-state index contributed by atoms with van der Waals surface area (Å²) in [5.74, 6) is 0.242. The van der Waals surface area contributed by atoms with E-state index in [1.54, 1.807) is 0 Å². The minimum absolute atomic E-state index is 0.257. The Labute approximate surface area is 159 Å². The van der Waals surface area contributed by atoms with Crippen molar-refractivity contribution in [1.29, 1.82) is 0 Å². The molecule has 4 rings (SSSR count). The highest BCUT2D eigenvalue weighted by molar-refractivity contribution is 6.01. The first-order chi connectivity index (χ1) is 13.1. The quantitative estimate of drug-likeness (QED) is 0.843. The third-order valence-corrected chi connectivity index (χ3v) is 5.83. The van der Waals surface area contributed by atoms with Gasteiger partial charge in [0.15, 0.2) is 0 Å². The zero-order valence-electron chi connectivity index (χ0n) is 15.8. The first-order valence-corrected chi connectivity index (χ1v) is 9.81. The minimum atomic E-state index is -0.924. The molecule has 0 bridgehead atoms. The number of aromatic carboxylic acids is 1. The molecule has 3 heterocycles. The number of aryl methyl sites for hydroxylation is 1. The van der Waals surface area contributed by atoms with E-state index >= 15 is 0 Å². The number of ether oxygens (including phenoxy) is 1. The number of aromatic nitrogens is 1. The van der Waals surface area contributed by atoms with E-state index in [4.69, 9.17) is 4.74 Å². The van der Waals surface area contributed by atoms with Crippen LogP contribution in [0.1, 0.15) is 35.2 Å². The van der Waals surface area contributed by atoms with Crippen LogP contribution in [0.15, 0.2) is 24.3 Å². The molecule has 0 saturated carbocycles. The van der Waals surface area contributed by atoms with Gasteiger partial charge < -0.3 is 20.1 Å². The lowest BCUT2D eigenvalue weighted by atomic mass is 10.0. The summed E-state index contributed by atoms with van der Waals surface area (Å²) in [5.41, 5.74) is 1.90. The molecule has 1 unspecified atom stereocenters. The van der Waals surface area contributed by atoms with Crippen LogP contribution in [0.3, 0.4) is 0 Å². The maximum absolute atomic E-state index is 11.9. The Morgan fingerprint density at radius 1 is 1.30 bits per heavy atom. The Hall–Kier alpha value is -2.18. The normalized spacial score (nSPS) is 21.6. The van der Waals surface area contributed by atoms with Crippen LogP contribution >= 0.6 is 0 Å². The standard InChI is InChI=1S/C21H27N3O3/c1-14-17-4-2-3-5-18(17)23-20(19(14)21(25)26)22-16-6-9-24(10-7-16)12-15-8-11-27-13-15/h2-5,15-16H,6-13H2,1H3,(H,22,23)(H,25,26). The van der Waals surface area contributed by atoms with Crippen molar-refractivity contribution in [3.63, 3.8) is 0 Å². The van der Waals surface area contributed by atoms with Crippen LogP contribution in [0.4, 0.5) is 5.82 Å². The molecule has 0 aliphatic carbocycles. The van der Waals surface area contributed by atoms with E-state index in [1.165, 1.54) is 6.42 Å². The number of piperidine rings is 1. The maximum Gasteiger partial charge on any atom is 0.339 e. The molecule has 2 aliphatic heterocycles. The Bertz CT molecular complexity index is 825. The van der Waals surface area contributed by atoms with Gasteiger partial charge in [-0.3, -0.25) is 0 Å². The number of carboxylic acid groups (broad SMARTS) is 1. The molecule has 6 heteroatoms. The summed E-state index contributed by atoms with van der Waals surface area (Å²) in [6.07, 6.45) is 3.17. The number of nitrogens with one attached hydrogen (secondary N) is 1. The Balaban J connectivity index is 1.47. The van der Waals surface area contributed by atoms with Crippen LogP contribution in [-0.2, 0) is 4.74 Å². The van der Waals surface area contributed by atoms with Crippen LogP contribution in [0.5, 0.6) is 0 Å². The molecule has 2 aromatic rings. The monoisotopic (exact) mass is 369 g/mol. The van der Waals surface area contributed by atoms with Gasteiger partial charge in [0.05, 0.1) is 12.1 Å². The predicted octanol–water partition coefficient (Wildman–Crippen LogP) is 3.15. The number of likely N-dealkylation sites (tertiary alicyclic amines) is 1. The zero-order valence-corrected chi connectivity index (χ0v) is 15.8.